The number of fused-ring (bicyclic) bond motifs is 1. The fourth-order valence-corrected chi connectivity index (χ4v) is 1.86. The molecule has 0 amide bonds. The van der Waals surface area contributed by atoms with Gasteiger partial charge in [0.05, 0.1) is 23.7 Å². The average molecular weight is 267 g/mol. The Morgan fingerprint density at radius 3 is 2.94 bits per heavy atom. The molecule has 0 spiro atoms. The van der Waals surface area contributed by atoms with Crippen molar-refractivity contribution >= 4 is 28.5 Å². The molecule has 5 nitrogen and oxygen atoms in total. The van der Waals surface area contributed by atoms with Gasteiger partial charge in [0.2, 0.25) is 5.43 Å². The van der Waals surface area contributed by atoms with Crippen LogP contribution in [-0.4, -0.2) is 22.1 Å². The van der Waals surface area contributed by atoms with Crippen molar-refractivity contribution in [3.05, 3.63) is 39.4 Å². The molecular formula is C12H11ClN2O3. The standard InChI is InChI=1S/C12H11ClN2O3/c1-3-18-12(17)8-6-15(2)9-5-14-10(13)4-7(9)11(8)16/h4-6H,3H2,1-2H3. The van der Waals surface area contributed by atoms with Crippen LogP contribution in [0.25, 0.3) is 10.9 Å². The van der Waals surface area contributed by atoms with Gasteiger partial charge in [0.15, 0.2) is 0 Å². The number of rotatable bonds is 2. The Kier molecular flexibility index (Phi) is 3.34. The zero-order chi connectivity index (χ0) is 13.3. The molecule has 2 heterocycles. The summed E-state index contributed by atoms with van der Waals surface area (Å²) in [6.07, 6.45) is 2.94. The minimum Gasteiger partial charge on any atom is -0.462 e. The Morgan fingerprint density at radius 1 is 1.56 bits per heavy atom. The minimum absolute atomic E-state index is 0.00545. The van der Waals surface area contributed by atoms with Crippen molar-refractivity contribution in [1.29, 1.82) is 0 Å². The van der Waals surface area contributed by atoms with E-state index < -0.39 is 11.4 Å². The fraction of sp³-hybridized carbons (Fsp3) is 0.250. The Labute approximate surface area is 108 Å². The number of carbonyl (C=O) groups excluding carboxylic acids is 1. The van der Waals surface area contributed by atoms with Gasteiger partial charge in [-0.1, -0.05) is 11.6 Å². The van der Waals surface area contributed by atoms with E-state index >= 15 is 0 Å². The Morgan fingerprint density at radius 2 is 2.28 bits per heavy atom. The molecule has 0 fully saturated rings. The molecule has 0 unspecified atom stereocenters. The summed E-state index contributed by atoms with van der Waals surface area (Å²) in [6.45, 7) is 1.90. The summed E-state index contributed by atoms with van der Waals surface area (Å²) < 4.78 is 6.49. The number of carbonyl (C=O) groups is 1. The SMILES string of the molecule is CCOC(=O)c1cn(C)c2cnc(Cl)cc2c1=O. The number of ether oxygens (including phenoxy) is 1. The van der Waals surface area contributed by atoms with Crippen molar-refractivity contribution in [2.24, 2.45) is 7.05 Å². The predicted octanol–water partition coefficient (Wildman–Crippen LogP) is 1.76. The van der Waals surface area contributed by atoms with Crippen molar-refractivity contribution in [3.63, 3.8) is 0 Å². The number of hydrogen-bond acceptors (Lipinski definition) is 4. The van der Waals surface area contributed by atoms with Gasteiger partial charge in [-0.2, -0.15) is 0 Å². The van der Waals surface area contributed by atoms with Gasteiger partial charge in [-0.25, -0.2) is 9.78 Å². The number of halogens is 1. The zero-order valence-corrected chi connectivity index (χ0v) is 10.7. The molecule has 0 aromatic carbocycles. The molecule has 2 rings (SSSR count). The maximum Gasteiger partial charge on any atom is 0.343 e. The Bertz CT molecular complexity index is 679. The number of aromatic nitrogens is 2. The topological polar surface area (TPSA) is 61.2 Å². The summed E-state index contributed by atoms with van der Waals surface area (Å²) in [5.41, 5.74) is 0.206. The quantitative estimate of drug-likeness (QED) is 0.614. The minimum atomic E-state index is -0.632. The van der Waals surface area contributed by atoms with Gasteiger partial charge in [-0.3, -0.25) is 4.79 Å². The average Bonchev–Trinajstić information content (AvgIpc) is 2.33. The molecule has 0 saturated heterocycles. The van der Waals surface area contributed by atoms with Crippen molar-refractivity contribution < 1.29 is 9.53 Å². The summed E-state index contributed by atoms with van der Waals surface area (Å²) in [5.74, 6) is -0.632. The Balaban J connectivity index is 2.75. The summed E-state index contributed by atoms with van der Waals surface area (Å²) >= 11 is 5.76. The molecule has 2 aromatic heterocycles. The number of pyridine rings is 2. The van der Waals surface area contributed by atoms with Gasteiger partial charge in [-0.05, 0) is 13.0 Å². The molecule has 2 aromatic rings. The van der Waals surface area contributed by atoms with E-state index in [2.05, 4.69) is 4.98 Å². The van der Waals surface area contributed by atoms with Crippen LogP contribution in [0.4, 0.5) is 0 Å². The maximum atomic E-state index is 12.1. The van der Waals surface area contributed by atoms with Crippen LogP contribution in [0.1, 0.15) is 17.3 Å². The van der Waals surface area contributed by atoms with Gasteiger partial charge in [0.1, 0.15) is 10.7 Å². The first kappa shape index (κ1) is 12.6. The van der Waals surface area contributed by atoms with E-state index in [1.165, 1.54) is 18.5 Å². The summed E-state index contributed by atoms with van der Waals surface area (Å²) in [4.78, 5) is 27.7. The number of nitrogens with zero attached hydrogens (tertiary/aromatic N) is 2. The third-order valence-electron chi connectivity index (χ3n) is 2.54. The van der Waals surface area contributed by atoms with Gasteiger partial charge < -0.3 is 9.30 Å². The van der Waals surface area contributed by atoms with E-state index in [1.54, 1.807) is 18.5 Å². The molecule has 0 aliphatic carbocycles. The lowest BCUT2D eigenvalue weighted by Crippen LogP contribution is -2.20. The van der Waals surface area contributed by atoms with Crippen LogP contribution >= 0.6 is 11.6 Å². The van der Waals surface area contributed by atoms with Crippen molar-refractivity contribution in [1.82, 2.24) is 9.55 Å². The second-order valence-corrected chi connectivity index (χ2v) is 4.11. The van der Waals surface area contributed by atoms with Gasteiger partial charge in [0.25, 0.3) is 0 Å². The smallest absolute Gasteiger partial charge is 0.343 e. The first-order valence-corrected chi connectivity index (χ1v) is 5.74. The molecule has 0 bridgehead atoms. The molecule has 94 valence electrons. The van der Waals surface area contributed by atoms with Crippen LogP contribution in [0, 0.1) is 0 Å². The molecule has 0 aliphatic rings. The molecule has 0 N–H and O–H groups in total. The second kappa shape index (κ2) is 4.78. The largest absolute Gasteiger partial charge is 0.462 e. The van der Waals surface area contributed by atoms with Gasteiger partial charge in [-0.15, -0.1) is 0 Å². The lowest BCUT2D eigenvalue weighted by atomic mass is 10.2. The lowest BCUT2D eigenvalue weighted by Gasteiger charge is -2.08. The highest BCUT2D eigenvalue weighted by Crippen LogP contribution is 2.14. The number of aryl methyl sites for hydroxylation is 1. The molecule has 0 radical (unpaired) electrons. The maximum absolute atomic E-state index is 12.1. The van der Waals surface area contributed by atoms with Crippen LogP contribution in [0.5, 0.6) is 0 Å². The molecular weight excluding hydrogens is 256 g/mol. The van der Waals surface area contributed by atoms with Crippen LogP contribution in [0.2, 0.25) is 5.15 Å². The van der Waals surface area contributed by atoms with E-state index in [9.17, 15) is 9.59 Å². The summed E-state index contributed by atoms with van der Waals surface area (Å²) in [6, 6.07) is 1.45. The third kappa shape index (κ3) is 2.09. The first-order valence-electron chi connectivity index (χ1n) is 5.36. The highest BCUT2D eigenvalue weighted by atomic mass is 35.5. The predicted molar refractivity (Wildman–Crippen MR) is 68.0 cm³/mol. The monoisotopic (exact) mass is 266 g/mol. The molecule has 0 atom stereocenters. The normalized spacial score (nSPS) is 10.6. The van der Waals surface area contributed by atoms with Gasteiger partial charge in [0, 0.05) is 13.2 Å². The highest BCUT2D eigenvalue weighted by molar-refractivity contribution is 6.30. The van der Waals surface area contributed by atoms with Crippen LogP contribution in [0.3, 0.4) is 0 Å². The van der Waals surface area contributed by atoms with Crippen LogP contribution < -0.4 is 5.43 Å². The van der Waals surface area contributed by atoms with Crippen LogP contribution in [0.15, 0.2) is 23.3 Å². The van der Waals surface area contributed by atoms with E-state index in [0.717, 1.165) is 0 Å². The molecule has 0 aliphatic heterocycles. The zero-order valence-electron chi connectivity index (χ0n) is 9.94. The van der Waals surface area contributed by atoms with Crippen LogP contribution in [-0.2, 0) is 11.8 Å². The van der Waals surface area contributed by atoms with Crippen molar-refractivity contribution in [3.8, 4) is 0 Å². The van der Waals surface area contributed by atoms with E-state index in [4.69, 9.17) is 16.3 Å². The number of esters is 1. The summed E-state index contributed by atoms with van der Waals surface area (Å²) in [7, 11) is 1.72. The Hall–Kier alpha value is -1.88. The molecule has 6 heteroatoms. The van der Waals surface area contributed by atoms with E-state index in [1.807, 2.05) is 0 Å². The van der Waals surface area contributed by atoms with Gasteiger partial charge >= 0.3 is 5.97 Å². The van der Waals surface area contributed by atoms with E-state index in [-0.39, 0.29) is 17.3 Å². The molecule has 0 saturated carbocycles. The number of hydrogen-bond donors (Lipinski definition) is 0. The molecule has 18 heavy (non-hydrogen) atoms. The van der Waals surface area contributed by atoms with Crippen molar-refractivity contribution in [2.45, 2.75) is 6.92 Å². The first-order chi connectivity index (χ1) is 8.54. The second-order valence-electron chi connectivity index (χ2n) is 3.73. The lowest BCUT2D eigenvalue weighted by molar-refractivity contribution is 0.0524. The fourth-order valence-electron chi connectivity index (χ4n) is 1.71. The third-order valence-corrected chi connectivity index (χ3v) is 2.74. The van der Waals surface area contributed by atoms with E-state index in [0.29, 0.717) is 10.9 Å². The highest BCUT2D eigenvalue weighted by Gasteiger charge is 2.15. The summed E-state index contributed by atoms with van der Waals surface area (Å²) in [5, 5.41) is 0.559. The van der Waals surface area contributed by atoms with Crippen molar-refractivity contribution in [2.75, 3.05) is 6.61 Å².